The standard InChI is InChI=1S/C14H18ClN3O2S/c1-10(2)18-13(16-17-14(18)21(15,19)20)9-8-12-7-5-4-6-11(12)3/h4-7,10H,8-9H2,1-3H3. The van der Waals surface area contributed by atoms with Gasteiger partial charge >= 0.3 is 0 Å². The lowest BCUT2D eigenvalue weighted by Crippen LogP contribution is -2.12. The van der Waals surface area contributed by atoms with E-state index < -0.39 is 9.05 Å². The van der Waals surface area contributed by atoms with Crippen LogP contribution in [-0.2, 0) is 21.9 Å². The summed E-state index contributed by atoms with van der Waals surface area (Å²) in [5.74, 6) is 0.632. The highest BCUT2D eigenvalue weighted by atomic mass is 35.7. The molecule has 5 nitrogen and oxygen atoms in total. The summed E-state index contributed by atoms with van der Waals surface area (Å²) in [6, 6.07) is 8.02. The van der Waals surface area contributed by atoms with E-state index in [2.05, 4.69) is 29.3 Å². The van der Waals surface area contributed by atoms with Crippen molar-refractivity contribution < 1.29 is 8.42 Å². The molecule has 0 unspecified atom stereocenters. The van der Waals surface area contributed by atoms with Crippen molar-refractivity contribution in [2.45, 2.75) is 44.8 Å². The molecule has 7 heteroatoms. The van der Waals surface area contributed by atoms with Crippen molar-refractivity contribution in [3.05, 3.63) is 41.2 Å². The molecule has 0 atom stereocenters. The normalized spacial score (nSPS) is 12.0. The lowest BCUT2D eigenvalue weighted by molar-refractivity contribution is 0.507. The largest absolute Gasteiger partial charge is 0.298 e. The van der Waals surface area contributed by atoms with Crippen molar-refractivity contribution in [1.29, 1.82) is 0 Å². The molecular weight excluding hydrogens is 310 g/mol. The third-order valence-electron chi connectivity index (χ3n) is 3.35. The number of halogens is 1. The zero-order valence-corrected chi connectivity index (χ0v) is 13.8. The Morgan fingerprint density at radius 3 is 2.43 bits per heavy atom. The van der Waals surface area contributed by atoms with Crippen LogP contribution >= 0.6 is 10.7 Å². The number of hydrogen-bond acceptors (Lipinski definition) is 4. The van der Waals surface area contributed by atoms with Gasteiger partial charge < -0.3 is 0 Å². The predicted molar refractivity (Wildman–Crippen MR) is 82.0 cm³/mol. The highest BCUT2D eigenvalue weighted by molar-refractivity contribution is 8.13. The Morgan fingerprint density at radius 1 is 1.19 bits per heavy atom. The second-order valence-corrected chi connectivity index (χ2v) is 7.69. The van der Waals surface area contributed by atoms with E-state index in [1.54, 1.807) is 4.57 Å². The first-order valence-electron chi connectivity index (χ1n) is 6.73. The van der Waals surface area contributed by atoms with Crippen LogP contribution in [0.4, 0.5) is 0 Å². The van der Waals surface area contributed by atoms with Crippen LogP contribution in [0.25, 0.3) is 0 Å². The molecule has 0 aliphatic rings. The predicted octanol–water partition coefficient (Wildman–Crippen LogP) is 2.88. The van der Waals surface area contributed by atoms with Gasteiger partial charge in [-0.2, -0.15) is 0 Å². The molecule has 114 valence electrons. The van der Waals surface area contributed by atoms with Gasteiger partial charge in [-0.25, -0.2) is 8.42 Å². The van der Waals surface area contributed by atoms with E-state index in [1.807, 2.05) is 26.0 Å². The second kappa shape index (κ2) is 6.15. The van der Waals surface area contributed by atoms with Gasteiger partial charge in [0.15, 0.2) is 0 Å². The second-order valence-electron chi connectivity index (χ2n) is 5.23. The van der Waals surface area contributed by atoms with Gasteiger partial charge in [-0.15, -0.1) is 10.2 Å². The molecule has 0 saturated carbocycles. The van der Waals surface area contributed by atoms with Crippen LogP contribution in [0.15, 0.2) is 29.4 Å². The third kappa shape index (κ3) is 3.63. The molecule has 0 spiro atoms. The van der Waals surface area contributed by atoms with Crippen molar-refractivity contribution in [3.63, 3.8) is 0 Å². The highest BCUT2D eigenvalue weighted by Crippen LogP contribution is 2.20. The van der Waals surface area contributed by atoms with Gasteiger partial charge in [0, 0.05) is 23.1 Å². The fourth-order valence-electron chi connectivity index (χ4n) is 2.30. The first-order valence-corrected chi connectivity index (χ1v) is 9.04. The van der Waals surface area contributed by atoms with Crippen molar-refractivity contribution >= 4 is 19.7 Å². The fourth-order valence-corrected chi connectivity index (χ4v) is 3.31. The Kier molecular flexibility index (Phi) is 4.68. The lowest BCUT2D eigenvalue weighted by Gasteiger charge is -2.13. The molecule has 0 fully saturated rings. The summed E-state index contributed by atoms with van der Waals surface area (Å²) in [4.78, 5) is 0. The topological polar surface area (TPSA) is 64.8 Å². The number of hydrogen-bond donors (Lipinski definition) is 0. The zero-order valence-electron chi connectivity index (χ0n) is 12.2. The summed E-state index contributed by atoms with van der Waals surface area (Å²) >= 11 is 0. The van der Waals surface area contributed by atoms with Crippen molar-refractivity contribution in [2.24, 2.45) is 0 Å². The summed E-state index contributed by atoms with van der Waals surface area (Å²) in [6.07, 6.45) is 1.39. The molecular formula is C14H18ClN3O2S. The minimum atomic E-state index is -3.89. The average molecular weight is 328 g/mol. The summed E-state index contributed by atoms with van der Waals surface area (Å²) < 4.78 is 24.7. The maximum absolute atomic E-state index is 11.5. The average Bonchev–Trinajstić information content (AvgIpc) is 2.81. The molecule has 2 aromatic rings. The molecule has 0 aliphatic heterocycles. The number of rotatable bonds is 5. The van der Waals surface area contributed by atoms with Gasteiger partial charge in [-0.1, -0.05) is 24.3 Å². The molecule has 1 heterocycles. The molecule has 0 N–H and O–H groups in total. The van der Waals surface area contributed by atoms with Gasteiger partial charge in [0.05, 0.1) is 0 Å². The van der Waals surface area contributed by atoms with Crippen LogP contribution in [0.5, 0.6) is 0 Å². The van der Waals surface area contributed by atoms with Crippen LogP contribution < -0.4 is 0 Å². The third-order valence-corrected chi connectivity index (χ3v) is 4.48. The quantitative estimate of drug-likeness (QED) is 0.792. The SMILES string of the molecule is Cc1ccccc1CCc1nnc(S(=O)(=O)Cl)n1C(C)C. The molecule has 1 aromatic heterocycles. The minimum absolute atomic E-state index is 0.0737. The lowest BCUT2D eigenvalue weighted by atomic mass is 10.0. The first-order chi connectivity index (χ1) is 9.80. The van der Waals surface area contributed by atoms with Crippen LogP contribution in [0, 0.1) is 6.92 Å². The van der Waals surface area contributed by atoms with Gasteiger partial charge in [0.1, 0.15) is 5.82 Å². The van der Waals surface area contributed by atoms with Gasteiger partial charge in [-0.05, 0) is 38.3 Å². The molecule has 21 heavy (non-hydrogen) atoms. The summed E-state index contributed by atoms with van der Waals surface area (Å²) in [5, 5.41) is 7.55. The van der Waals surface area contributed by atoms with E-state index in [-0.39, 0.29) is 11.2 Å². The summed E-state index contributed by atoms with van der Waals surface area (Å²) in [7, 11) is 1.53. The number of benzene rings is 1. The molecule has 0 aliphatic carbocycles. The van der Waals surface area contributed by atoms with Crippen molar-refractivity contribution in [2.75, 3.05) is 0 Å². The van der Waals surface area contributed by atoms with E-state index in [0.29, 0.717) is 12.2 Å². The van der Waals surface area contributed by atoms with Crippen LogP contribution in [-0.4, -0.2) is 23.2 Å². The molecule has 0 saturated heterocycles. The number of nitrogens with zero attached hydrogens (tertiary/aromatic N) is 3. The Morgan fingerprint density at radius 2 is 1.86 bits per heavy atom. The fraction of sp³-hybridized carbons (Fsp3) is 0.429. The van der Waals surface area contributed by atoms with Crippen LogP contribution in [0.2, 0.25) is 0 Å². The minimum Gasteiger partial charge on any atom is -0.298 e. The smallest absolute Gasteiger partial charge is 0.296 e. The molecule has 0 bridgehead atoms. The Bertz CT molecular complexity index is 738. The molecule has 2 rings (SSSR count). The Hall–Kier alpha value is -1.40. The van der Waals surface area contributed by atoms with E-state index in [0.717, 1.165) is 6.42 Å². The van der Waals surface area contributed by atoms with E-state index >= 15 is 0 Å². The molecule has 0 radical (unpaired) electrons. The maximum atomic E-state index is 11.5. The van der Waals surface area contributed by atoms with E-state index in [1.165, 1.54) is 11.1 Å². The molecule has 0 amide bonds. The van der Waals surface area contributed by atoms with Crippen molar-refractivity contribution in [1.82, 2.24) is 14.8 Å². The first kappa shape index (κ1) is 16.0. The number of aromatic nitrogens is 3. The van der Waals surface area contributed by atoms with Crippen molar-refractivity contribution in [3.8, 4) is 0 Å². The van der Waals surface area contributed by atoms with Crippen LogP contribution in [0.3, 0.4) is 0 Å². The van der Waals surface area contributed by atoms with Gasteiger partial charge in [0.25, 0.3) is 14.2 Å². The van der Waals surface area contributed by atoms with Gasteiger partial charge in [-0.3, -0.25) is 4.57 Å². The maximum Gasteiger partial charge on any atom is 0.296 e. The zero-order chi connectivity index (χ0) is 15.6. The Balaban J connectivity index is 2.29. The summed E-state index contributed by atoms with van der Waals surface area (Å²) in [5.41, 5.74) is 2.42. The highest BCUT2D eigenvalue weighted by Gasteiger charge is 2.24. The van der Waals surface area contributed by atoms with Gasteiger partial charge in [0.2, 0.25) is 0 Å². The van der Waals surface area contributed by atoms with Crippen LogP contribution in [0.1, 0.15) is 36.8 Å². The number of aryl methyl sites for hydroxylation is 3. The molecule has 1 aromatic carbocycles. The van der Waals surface area contributed by atoms with E-state index in [4.69, 9.17) is 10.7 Å². The summed E-state index contributed by atoms with van der Waals surface area (Å²) in [6.45, 7) is 5.82. The van der Waals surface area contributed by atoms with E-state index in [9.17, 15) is 8.42 Å². The monoisotopic (exact) mass is 327 g/mol. The Labute approximate surface area is 129 Å².